The lowest BCUT2D eigenvalue weighted by molar-refractivity contribution is -0.137. The van der Waals surface area contributed by atoms with Gasteiger partial charge in [0.25, 0.3) is 5.91 Å². The lowest BCUT2D eigenvalue weighted by Crippen LogP contribution is -2.52. The second-order valence-corrected chi connectivity index (χ2v) is 13.6. The van der Waals surface area contributed by atoms with Crippen LogP contribution in [-0.2, 0) is 27.5 Å². The summed E-state index contributed by atoms with van der Waals surface area (Å²) in [5.74, 6) is -0.736. The molecule has 0 radical (unpaired) electrons. The molecule has 224 valence electrons. The third-order valence-corrected chi connectivity index (χ3v) is 10.1. The lowest BCUT2D eigenvalue weighted by atomic mass is 9.71. The zero-order valence-corrected chi connectivity index (χ0v) is 24.6. The number of carbonyl (C=O) groups is 4. The highest BCUT2D eigenvalue weighted by Crippen LogP contribution is 2.45. The summed E-state index contributed by atoms with van der Waals surface area (Å²) < 4.78 is 13.7. The summed E-state index contributed by atoms with van der Waals surface area (Å²) in [4.78, 5) is 54.9. The van der Waals surface area contributed by atoms with E-state index in [0.717, 1.165) is 60.1 Å². The fourth-order valence-corrected chi connectivity index (χ4v) is 7.80. The van der Waals surface area contributed by atoms with Gasteiger partial charge in [-0.3, -0.25) is 34.7 Å². The molecule has 0 spiro atoms. The van der Waals surface area contributed by atoms with E-state index in [1.54, 1.807) is 17.0 Å². The van der Waals surface area contributed by atoms with Gasteiger partial charge >= 0.3 is 0 Å². The summed E-state index contributed by atoms with van der Waals surface area (Å²) in [7, 11) is 0. The van der Waals surface area contributed by atoms with E-state index in [2.05, 4.69) is 35.4 Å². The van der Waals surface area contributed by atoms with Crippen LogP contribution in [0.5, 0.6) is 0 Å². The van der Waals surface area contributed by atoms with E-state index in [0.29, 0.717) is 25.1 Å². The minimum absolute atomic E-state index is 0.0891. The summed E-state index contributed by atoms with van der Waals surface area (Å²) in [5, 5.41) is 5.98. The number of nitrogens with one attached hydrogen (secondary N) is 2. The van der Waals surface area contributed by atoms with Gasteiger partial charge in [0.15, 0.2) is 5.78 Å². The first-order valence-corrected chi connectivity index (χ1v) is 15.3. The number of nitrogens with zero attached hydrogens (tertiary/aromatic N) is 2. The van der Waals surface area contributed by atoms with Crippen molar-refractivity contribution >= 4 is 29.1 Å². The molecule has 7 rings (SSSR count). The molecule has 8 nitrogen and oxygen atoms in total. The van der Waals surface area contributed by atoms with Crippen molar-refractivity contribution in [1.29, 1.82) is 0 Å². The highest BCUT2D eigenvalue weighted by molar-refractivity contribution is 6.07. The topological polar surface area (TPSA) is 98.8 Å². The molecule has 4 aliphatic heterocycles. The van der Waals surface area contributed by atoms with Crippen molar-refractivity contribution in [2.24, 2.45) is 11.3 Å². The van der Waals surface area contributed by atoms with Gasteiger partial charge in [-0.1, -0.05) is 38.1 Å². The maximum atomic E-state index is 14.0. The molecule has 4 atom stereocenters. The molecule has 0 saturated carbocycles. The Morgan fingerprint density at radius 1 is 1.07 bits per heavy atom. The van der Waals surface area contributed by atoms with E-state index < -0.39 is 11.9 Å². The zero-order chi connectivity index (χ0) is 30.0. The second kappa shape index (κ2) is 10.5. The third-order valence-electron chi connectivity index (χ3n) is 10.1. The molecule has 9 heteroatoms. The number of hydrogen-bond donors (Lipinski definition) is 2. The Hall–Kier alpha value is -3.69. The molecule has 0 aromatic heterocycles. The molecule has 3 fully saturated rings. The number of Topliss-reactive ketones (excluding diaryl/α,β-unsaturated/α-hetero) is 1. The first-order valence-electron chi connectivity index (χ1n) is 15.3. The number of ketones is 1. The van der Waals surface area contributed by atoms with Gasteiger partial charge in [-0.2, -0.15) is 0 Å². The van der Waals surface area contributed by atoms with Crippen LogP contribution in [0.4, 0.5) is 4.39 Å². The molecular weight excluding hydrogens is 547 g/mol. The van der Waals surface area contributed by atoms with Gasteiger partial charge < -0.3 is 4.90 Å². The predicted molar refractivity (Wildman–Crippen MR) is 158 cm³/mol. The number of piperidine rings is 1. The maximum absolute atomic E-state index is 14.0. The number of amides is 3. The highest BCUT2D eigenvalue weighted by Gasteiger charge is 2.48. The van der Waals surface area contributed by atoms with Crippen LogP contribution < -0.4 is 10.6 Å². The Bertz CT molecular complexity index is 1560. The van der Waals surface area contributed by atoms with Crippen LogP contribution in [0.15, 0.2) is 48.0 Å². The quantitative estimate of drug-likeness (QED) is 0.500. The fourth-order valence-electron chi connectivity index (χ4n) is 7.80. The van der Waals surface area contributed by atoms with Crippen molar-refractivity contribution < 1.29 is 23.6 Å². The van der Waals surface area contributed by atoms with Crippen LogP contribution in [0.3, 0.4) is 0 Å². The van der Waals surface area contributed by atoms with Gasteiger partial charge in [-0.25, -0.2) is 4.39 Å². The zero-order valence-electron chi connectivity index (χ0n) is 24.6. The molecule has 2 aromatic carbocycles. The SMILES string of the molecule is CC1(C)CCC(C(=O)C2N[C@H]3C[C@@H]2CN3Cc2ccc3c(c2)CN(C2CCC(=O)NC2=O)C3=O)=C(c2ccc(F)cc2)C1. The van der Waals surface area contributed by atoms with Gasteiger partial charge in [0, 0.05) is 37.2 Å². The molecule has 5 aliphatic rings. The highest BCUT2D eigenvalue weighted by atomic mass is 19.1. The molecule has 2 unspecified atom stereocenters. The number of halogens is 1. The lowest BCUT2D eigenvalue weighted by Gasteiger charge is -2.36. The van der Waals surface area contributed by atoms with Crippen LogP contribution in [0.25, 0.3) is 5.57 Å². The summed E-state index contributed by atoms with van der Waals surface area (Å²) >= 11 is 0. The summed E-state index contributed by atoms with van der Waals surface area (Å²) in [6.45, 7) is 6.33. The fraction of sp³-hybridized carbons (Fsp3) is 0.471. The summed E-state index contributed by atoms with van der Waals surface area (Å²) in [6, 6.07) is 11.6. The number of hydrogen-bond acceptors (Lipinski definition) is 6. The molecule has 43 heavy (non-hydrogen) atoms. The van der Waals surface area contributed by atoms with Crippen molar-refractivity contribution in [3.63, 3.8) is 0 Å². The molecule has 2 aromatic rings. The van der Waals surface area contributed by atoms with Crippen LogP contribution in [0.2, 0.25) is 0 Å². The number of allylic oxidation sites excluding steroid dienone is 1. The monoisotopic (exact) mass is 584 g/mol. The van der Waals surface area contributed by atoms with Gasteiger partial charge in [0.05, 0.1) is 12.2 Å². The number of likely N-dealkylation sites (tertiary alicyclic amines) is 1. The van der Waals surface area contributed by atoms with Gasteiger partial charge in [0.1, 0.15) is 11.9 Å². The van der Waals surface area contributed by atoms with E-state index >= 15 is 0 Å². The van der Waals surface area contributed by atoms with Crippen molar-refractivity contribution in [3.05, 3.63) is 76.1 Å². The number of imide groups is 1. The number of rotatable bonds is 6. The minimum atomic E-state index is -0.622. The normalized spacial score (nSPS) is 28.4. The molecule has 3 amide bonds. The number of fused-ring (bicyclic) bond motifs is 3. The smallest absolute Gasteiger partial charge is 0.255 e. The Balaban J connectivity index is 1.03. The van der Waals surface area contributed by atoms with Crippen molar-refractivity contribution in [2.45, 2.75) is 83.7 Å². The molecule has 2 bridgehead atoms. The van der Waals surface area contributed by atoms with Gasteiger partial charge in [0.2, 0.25) is 11.8 Å². The maximum Gasteiger partial charge on any atom is 0.255 e. The average Bonchev–Trinajstić information content (AvgIpc) is 3.65. The average molecular weight is 585 g/mol. The molecule has 1 aliphatic carbocycles. The van der Waals surface area contributed by atoms with Gasteiger partial charge in [-0.05, 0) is 83.9 Å². The van der Waals surface area contributed by atoms with Crippen molar-refractivity contribution in [2.75, 3.05) is 6.54 Å². The van der Waals surface area contributed by atoms with Crippen LogP contribution in [0, 0.1) is 17.2 Å². The summed E-state index contributed by atoms with van der Waals surface area (Å²) in [6.07, 6.45) is 4.08. The summed E-state index contributed by atoms with van der Waals surface area (Å²) in [5.41, 5.74) is 5.58. The van der Waals surface area contributed by atoms with Crippen LogP contribution in [-0.4, -0.2) is 58.1 Å². The van der Waals surface area contributed by atoms with E-state index in [9.17, 15) is 23.6 Å². The first-order chi connectivity index (χ1) is 20.6. The number of carbonyl (C=O) groups excluding carboxylic acids is 4. The Kier molecular flexibility index (Phi) is 6.85. The minimum Gasteiger partial charge on any atom is -0.322 e. The third kappa shape index (κ3) is 5.12. The molecule has 2 N–H and O–H groups in total. The first kappa shape index (κ1) is 28.1. The standard InChI is InChI=1S/C34H37FN4O4/c1-34(2)12-11-25(26(15-34)20-4-6-23(35)7-5-20)31(41)30-22-14-28(36-30)38(17-22)16-19-3-8-24-21(13-19)18-39(33(24)43)27-9-10-29(40)37-32(27)42/h3-8,13,22,27-28,30,36H,9-12,14-18H2,1-2H3,(H,37,40,42)/t22-,27?,28-,30?/m1/s1. The van der Waals surface area contributed by atoms with Crippen LogP contribution >= 0.6 is 0 Å². The van der Waals surface area contributed by atoms with E-state index in [-0.39, 0.29) is 53.4 Å². The largest absolute Gasteiger partial charge is 0.322 e. The predicted octanol–water partition coefficient (Wildman–Crippen LogP) is 3.94. The molecular formula is C34H37FN4O4. The Morgan fingerprint density at radius 3 is 2.58 bits per heavy atom. The number of benzene rings is 2. The van der Waals surface area contributed by atoms with Crippen LogP contribution in [0.1, 0.15) is 79.4 Å². The van der Waals surface area contributed by atoms with Gasteiger partial charge in [-0.15, -0.1) is 0 Å². The second-order valence-electron chi connectivity index (χ2n) is 13.6. The van der Waals surface area contributed by atoms with E-state index in [4.69, 9.17) is 0 Å². The molecule has 3 saturated heterocycles. The van der Waals surface area contributed by atoms with E-state index in [1.807, 2.05) is 12.1 Å². The Morgan fingerprint density at radius 2 is 1.86 bits per heavy atom. The van der Waals surface area contributed by atoms with Crippen molar-refractivity contribution in [1.82, 2.24) is 20.4 Å². The Labute approximate surface area is 250 Å². The van der Waals surface area contributed by atoms with Crippen molar-refractivity contribution in [3.8, 4) is 0 Å². The molecule has 4 heterocycles. The van der Waals surface area contributed by atoms with E-state index in [1.165, 1.54) is 12.1 Å².